The molecule has 0 bridgehead atoms. The summed E-state index contributed by atoms with van der Waals surface area (Å²) in [6.45, 7) is 0.667. The smallest absolute Gasteiger partial charge is 0.262 e. The molecule has 0 spiro atoms. The largest absolute Gasteiger partial charge is 0.329 e. The molecule has 0 unspecified atom stereocenters. The topological polar surface area (TPSA) is 60.9 Å². The first-order valence-electron chi connectivity index (χ1n) is 4.70. The second kappa shape index (κ2) is 4.41. The van der Waals surface area contributed by atoms with E-state index in [1.54, 1.807) is 18.2 Å². The first-order chi connectivity index (χ1) is 7.65. The van der Waals surface area contributed by atoms with Gasteiger partial charge in [-0.05, 0) is 23.7 Å². The maximum atomic E-state index is 12.0. The van der Waals surface area contributed by atoms with E-state index in [2.05, 4.69) is 4.98 Å². The van der Waals surface area contributed by atoms with Crippen LogP contribution in [0.2, 0.25) is 10.3 Å². The molecule has 0 atom stereocenters. The number of nitrogens with zero attached hydrogens (tertiary/aromatic N) is 2. The van der Waals surface area contributed by atoms with Crippen molar-refractivity contribution in [3.8, 4) is 0 Å². The summed E-state index contributed by atoms with van der Waals surface area (Å²) in [4.78, 5) is 16.1. The van der Waals surface area contributed by atoms with Crippen molar-refractivity contribution < 1.29 is 0 Å². The minimum Gasteiger partial charge on any atom is -0.329 e. The van der Waals surface area contributed by atoms with Gasteiger partial charge in [-0.3, -0.25) is 9.36 Å². The predicted molar refractivity (Wildman–Crippen MR) is 65.1 cm³/mol. The highest BCUT2D eigenvalue weighted by Gasteiger charge is 2.10. The fraction of sp³-hybridized carbons (Fsp3) is 0.200. The average Bonchev–Trinajstić information content (AvgIpc) is 2.26. The van der Waals surface area contributed by atoms with Crippen molar-refractivity contribution in [3.05, 3.63) is 38.9 Å². The van der Waals surface area contributed by atoms with Gasteiger partial charge in [-0.1, -0.05) is 17.7 Å². The Bertz CT molecular complexity index is 594. The van der Waals surface area contributed by atoms with E-state index < -0.39 is 0 Å². The number of para-hydroxylation sites is 1. The van der Waals surface area contributed by atoms with E-state index in [1.165, 1.54) is 4.57 Å². The SMILES string of the molecule is NCCn1c(Cl)nc2c(Cl)cccc2c1=O. The third-order valence-corrected chi connectivity index (χ3v) is 2.84. The summed E-state index contributed by atoms with van der Waals surface area (Å²) in [5.74, 6) is 0. The average molecular weight is 258 g/mol. The number of hydrogen-bond donors (Lipinski definition) is 1. The van der Waals surface area contributed by atoms with E-state index in [9.17, 15) is 4.79 Å². The third kappa shape index (κ3) is 1.80. The molecule has 1 aromatic carbocycles. The minimum absolute atomic E-state index is 0.107. The second-order valence-electron chi connectivity index (χ2n) is 3.26. The maximum Gasteiger partial charge on any atom is 0.262 e. The van der Waals surface area contributed by atoms with Crippen LogP contribution in [-0.2, 0) is 6.54 Å². The lowest BCUT2D eigenvalue weighted by Crippen LogP contribution is -2.25. The number of nitrogens with two attached hydrogens (primary N) is 1. The van der Waals surface area contributed by atoms with Gasteiger partial charge in [0.25, 0.3) is 5.56 Å². The zero-order valence-corrected chi connectivity index (χ0v) is 9.79. The van der Waals surface area contributed by atoms with Crippen molar-refractivity contribution in [2.75, 3.05) is 6.54 Å². The van der Waals surface area contributed by atoms with Crippen molar-refractivity contribution in [3.63, 3.8) is 0 Å². The number of hydrogen-bond acceptors (Lipinski definition) is 3. The van der Waals surface area contributed by atoms with Gasteiger partial charge in [0, 0.05) is 13.1 Å². The molecule has 1 heterocycles. The highest BCUT2D eigenvalue weighted by Crippen LogP contribution is 2.20. The maximum absolute atomic E-state index is 12.0. The molecular weight excluding hydrogens is 249 g/mol. The van der Waals surface area contributed by atoms with Crippen LogP contribution in [0.1, 0.15) is 0 Å². The Balaban J connectivity index is 2.84. The van der Waals surface area contributed by atoms with Gasteiger partial charge in [-0.2, -0.15) is 0 Å². The quantitative estimate of drug-likeness (QED) is 0.833. The molecule has 4 nitrogen and oxygen atoms in total. The van der Waals surface area contributed by atoms with Crippen molar-refractivity contribution in [2.45, 2.75) is 6.54 Å². The van der Waals surface area contributed by atoms with Crippen LogP contribution in [0.25, 0.3) is 10.9 Å². The molecule has 0 saturated carbocycles. The van der Waals surface area contributed by atoms with Crippen LogP contribution in [-0.4, -0.2) is 16.1 Å². The summed E-state index contributed by atoms with van der Waals surface area (Å²) < 4.78 is 1.33. The van der Waals surface area contributed by atoms with E-state index in [1.807, 2.05) is 0 Å². The highest BCUT2D eigenvalue weighted by atomic mass is 35.5. The zero-order valence-electron chi connectivity index (χ0n) is 8.28. The summed E-state index contributed by atoms with van der Waals surface area (Å²) in [5.41, 5.74) is 5.60. The molecule has 1 aromatic heterocycles. The van der Waals surface area contributed by atoms with Crippen LogP contribution in [0.3, 0.4) is 0 Å². The zero-order chi connectivity index (χ0) is 11.7. The van der Waals surface area contributed by atoms with Crippen molar-refractivity contribution in [2.24, 2.45) is 5.73 Å². The van der Waals surface area contributed by atoms with Gasteiger partial charge in [0.1, 0.15) is 0 Å². The van der Waals surface area contributed by atoms with Crippen LogP contribution in [0.5, 0.6) is 0 Å². The van der Waals surface area contributed by atoms with Crippen molar-refractivity contribution in [1.82, 2.24) is 9.55 Å². The first kappa shape index (κ1) is 11.4. The van der Waals surface area contributed by atoms with Crippen LogP contribution >= 0.6 is 23.2 Å². The van der Waals surface area contributed by atoms with E-state index in [-0.39, 0.29) is 10.8 Å². The van der Waals surface area contributed by atoms with Gasteiger partial charge in [0.15, 0.2) is 0 Å². The highest BCUT2D eigenvalue weighted by molar-refractivity contribution is 6.35. The molecule has 0 saturated heterocycles. The Morgan fingerprint density at radius 3 is 2.81 bits per heavy atom. The normalized spacial score (nSPS) is 10.9. The van der Waals surface area contributed by atoms with Crippen molar-refractivity contribution >= 4 is 34.1 Å². The molecule has 16 heavy (non-hydrogen) atoms. The van der Waals surface area contributed by atoms with Gasteiger partial charge in [0.05, 0.1) is 15.9 Å². The van der Waals surface area contributed by atoms with Gasteiger partial charge < -0.3 is 5.73 Å². The molecule has 0 aliphatic rings. The number of aromatic nitrogens is 2. The summed E-state index contributed by atoms with van der Waals surface area (Å²) in [6.07, 6.45) is 0. The Hall–Kier alpha value is -1.10. The molecule has 2 aromatic rings. The van der Waals surface area contributed by atoms with Crippen molar-refractivity contribution in [1.29, 1.82) is 0 Å². The fourth-order valence-electron chi connectivity index (χ4n) is 1.51. The van der Waals surface area contributed by atoms with E-state index in [0.29, 0.717) is 29.0 Å². The van der Waals surface area contributed by atoms with Crippen LogP contribution < -0.4 is 11.3 Å². The lowest BCUT2D eigenvalue weighted by atomic mass is 10.2. The summed E-state index contributed by atoms with van der Waals surface area (Å²) in [7, 11) is 0. The van der Waals surface area contributed by atoms with Crippen LogP contribution in [0.15, 0.2) is 23.0 Å². The molecule has 2 N–H and O–H groups in total. The van der Waals surface area contributed by atoms with Gasteiger partial charge in [-0.15, -0.1) is 0 Å². The standard InChI is InChI=1S/C10H9Cl2N3O/c11-7-3-1-2-6-8(7)14-10(12)15(5-4-13)9(6)16/h1-3H,4-5,13H2. The first-order valence-corrected chi connectivity index (χ1v) is 5.45. The lowest BCUT2D eigenvalue weighted by molar-refractivity contribution is 0.675. The number of rotatable bonds is 2. The van der Waals surface area contributed by atoms with Crippen LogP contribution in [0.4, 0.5) is 0 Å². The Morgan fingerprint density at radius 1 is 1.38 bits per heavy atom. The lowest BCUT2D eigenvalue weighted by Gasteiger charge is -2.08. The molecule has 0 amide bonds. The van der Waals surface area contributed by atoms with E-state index in [0.717, 1.165) is 0 Å². The molecule has 0 radical (unpaired) electrons. The van der Waals surface area contributed by atoms with E-state index in [4.69, 9.17) is 28.9 Å². The van der Waals surface area contributed by atoms with Gasteiger partial charge in [0.2, 0.25) is 5.28 Å². The number of halogens is 2. The summed E-state index contributed by atoms with van der Waals surface area (Å²) in [5, 5.41) is 0.970. The monoisotopic (exact) mass is 257 g/mol. The predicted octanol–water partition coefficient (Wildman–Crippen LogP) is 1.66. The minimum atomic E-state index is -0.219. The van der Waals surface area contributed by atoms with E-state index >= 15 is 0 Å². The Kier molecular flexibility index (Phi) is 3.14. The number of fused-ring (bicyclic) bond motifs is 1. The third-order valence-electron chi connectivity index (χ3n) is 2.24. The Morgan fingerprint density at radius 2 is 2.12 bits per heavy atom. The molecule has 0 fully saturated rings. The second-order valence-corrected chi connectivity index (χ2v) is 4.01. The fourth-order valence-corrected chi connectivity index (χ4v) is 1.97. The number of benzene rings is 1. The van der Waals surface area contributed by atoms with Gasteiger partial charge >= 0.3 is 0 Å². The Labute approximate surface area is 102 Å². The summed E-state index contributed by atoms with van der Waals surface area (Å²) in [6, 6.07) is 5.04. The molecule has 6 heteroatoms. The molecule has 0 aliphatic heterocycles. The molecular formula is C10H9Cl2N3O. The van der Waals surface area contributed by atoms with Gasteiger partial charge in [-0.25, -0.2) is 4.98 Å². The molecule has 2 rings (SSSR count). The van der Waals surface area contributed by atoms with Crippen LogP contribution in [0, 0.1) is 0 Å². The molecule has 84 valence electrons. The summed E-state index contributed by atoms with van der Waals surface area (Å²) >= 11 is 11.8. The molecule has 0 aliphatic carbocycles.